The molecule has 2 rings (SSSR count). The lowest BCUT2D eigenvalue weighted by Crippen LogP contribution is -2.48. The summed E-state index contributed by atoms with van der Waals surface area (Å²) in [5, 5.41) is 3.24. The Kier molecular flexibility index (Phi) is 5.24. The van der Waals surface area contributed by atoms with Gasteiger partial charge in [0, 0.05) is 19.6 Å². The van der Waals surface area contributed by atoms with Gasteiger partial charge in [-0.25, -0.2) is 10.4 Å². The minimum atomic E-state index is 0.0397. The van der Waals surface area contributed by atoms with Gasteiger partial charge in [0.15, 0.2) is 0 Å². The van der Waals surface area contributed by atoms with Gasteiger partial charge in [-0.2, -0.15) is 0 Å². The number of nitrogens with two attached hydrogens (primary N) is 1. The van der Waals surface area contributed by atoms with Crippen LogP contribution in [0, 0.1) is 0 Å². The van der Waals surface area contributed by atoms with Crippen molar-refractivity contribution in [3.05, 3.63) is 33.8 Å². The first-order valence-corrected chi connectivity index (χ1v) is 6.70. The quantitative estimate of drug-likeness (QED) is 0.888. The molecule has 0 bridgehead atoms. The molecule has 3 N–H and O–H groups in total. The highest BCUT2D eigenvalue weighted by Gasteiger charge is 2.16. The molecule has 1 heterocycles. The average Bonchev–Trinajstić information content (AvgIpc) is 2.40. The molecule has 0 amide bonds. The summed E-state index contributed by atoms with van der Waals surface area (Å²) in [4.78, 5) is 0. The fourth-order valence-electron chi connectivity index (χ4n) is 1.91. The molecule has 4 nitrogen and oxygen atoms in total. The van der Waals surface area contributed by atoms with Gasteiger partial charge in [0.05, 0.1) is 29.3 Å². The molecule has 0 spiro atoms. The molecule has 18 heavy (non-hydrogen) atoms. The zero-order valence-corrected chi connectivity index (χ0v) is 11.5. The van der Waals surface area contributed by atoms with Crippen molar-refractivity contribution in [1.29, 1.82) is 0 Å². The summed E-state index contributed by atoms with van der Waals surface area (Å²) in [7, 11) is 0. The number of halogens is 2. The molecule has 0 radical (unpaired) electrons. The lowest BCUT2D eigenvalue weighted by Gasteiger charge is -2.31. The van der Waals surface area contributed by atoms with E-state index in [2.05, 4.69) is 10.4 Å². The van der Waals surface area contributed by atoms with Crippen LogP contribution in [0.4, 0.5) is 0 Å². The highest BCUT2D eigenvalue weighted by atomic mass is 35.5. The first-order chi connectivity index (χ1) is 8.70. The molecule has 0 aliphatic carbocycles. The van der Waals surface area contributed by atoms with Gasteiger partial charge in [-0.3, -0.25) is 0 Å². The van der Waals surface area contributed by atoms with Gasteiger partial charge in [-0.1, -0.05) is 29.3 Å². The standard InChI is InChI=1S/C12H17Cl2N3O/c13-10-2-1-9(7-11(10)14)12(8-15)16-17-3-5-18-6-4-17/h1-2,7,12,16H,3-6,8,15H2. The molecule has 1 aliphatic heterocycles. The number of hydrogen-bond acceptors (Lipinski definition) is 4. The fourth-order valence-corrected chi connectivity index (χ4v) is 2.21. The second kappa shape index (κ2) is 6.70. The van der Waals surface area contributed by atoms with E-state index in [1.54, 1.807) is 6.07 Å². The van der Waals surface area contributed by atoms with Crippen molar-refractivity contribution in [1.82, 2.24) is 10.4 Å². The van der Waals surface area contributed by atoms with E-state index in [1.807, 2.05) is 12.1 Å². The number of nitrogens with zero attached hydrogens (tertiary/aromatic N) is 1. The van der Waals surface area contributed by atoms with Crippen molar-refractivity contribution in [2.75, 3.05) is 32.8 Å². The number of nitrogens with one attached hydrogen (secondary N) is 1. The summed E-state index contributed by atoms with van der Waals surface area (Å²) in [5.41, 5.74) is 10.2. The highest BCUT2D eigenvalue weighted by molar-refractivity contribution is 6.42. The largest absolute Gasteiger partial charge is 0.379 e. The van der Waals surface area contributed by atoms with E-state index in [0.717, 1.165) is 31.9 Å². The normalized spacial score (nSPS) is 18.8. The van der Waals surface area contributed by atoms with Gasteiger partial charge < -0.3 is 10.5 Å². The second-order valence-electron chi connectivity index (χ2n) is 4.19. The van der Waals surface area contributed by atoms with Crippen LogP contribution in [0.1, 0.15) is 11.6 Å². The van der Waals surface area contributed by atoms with Crippen molar-refractivity contribution in [2.24, 2.45) is 5.73 Å². The van der Waals surface area contributed by atoms with E-state index in [0.29, 0.717) is 16.6 Å². The second-order valence-corrected chi connectivity index (χ2v) is 5.00. The first-order valence-electron chi connectivity index (χ1n) is 5.94. The van der Waals surface area contributed by atoms with Crippen LogP contribution in [0.15, 0.2) is 18.2 Å². The molecular weight excluding hydrogens is 273 g/mol. The van der Waals surface area contributed by atoms with Gasteiger partial charge in [0.2, 0.25) is 0 Å². The topological polar surface area (TPSA) is 50.5 Å². The van der Waals surface area contributed by atoms with Gasteiger partial charge in [0.25, 0.3) is 0 Å². The lowest BCUT2D eigenvalue weighted by molar-refractivity contribution is 0.00405. The number of morpholine rings is 1. The van der Waals surface area contributed by atoms with Crippen molar-refractivity contribution >= 4 is 23.2 Å². The maximum absolute atomic E-state index is 6.02. The van der Waals surface area contributed by atoms with Crippen molar-refractivity contribution in [2.45, 2.75) is 6.04 Å². The smallest absolute Gasteiger partial charge is 0.0608 e. The van der Waals surface area contributed by atoms with E-state index in [1.165, 1.54) is 0 Å². The van der Waals surface area contributed by atoms with Crippen LogP contribution in [0.3, 0.4) is 0 Å². The Morgan fingerprint density at radius 3 is 2.61 bits per heavy atom. The van der Waals surface area contributed by atoms with Crippen LogP contribution in [0.25, 0.3) is 0 Å². The Bertz CT molecular complexity index is 397. The van der Waals surface area contributed by atoms with Crippen LogP contribution in [-0.2, 0) is 4.74 Å². The van der Waals surface area contributed by atoms with Crippen LogP contribution < -0.4 is 11.2 Å². The van der Waals surface area contributed by atoms with E-state index < -0.39 is 0 Å². The first kappa shape index (κ1) is 14.1. The van der Waals surface area contributed by atoms with Crippen LogP contribution in [0.2, 0.25) is 10.0 Å². The third kappa shape index (κ3) is 3.57. The zero-order chi connectivity index (χ0) is 13.0. The summed E-state index contributed by atoms with van der Waals surface area (Å²) in [6.07, 6.45) is 0. The van der Waals surface area contributed by atoms with E-state index in [-0.39, 0.29) is 6.04 Å². The van der Waals surface area contributed by atoms with Crippen LogP contribution in [-0.4, -0.2) is 37.9 Å². The SMILES string of the molecule is NCC(NN1CCOCC1)c1ccc(Cl)c(Cl)c1. The molecule has 1 aromatic carbocycles. The molecule has 0 aromatic heterocycles. The van der Waals surface area contributed by atoms with Crippen molar-refractivity contribution in [3.63, 3.8) is 0 Å². The Labute approximate surface area is 117 Å². The van der Waals surface area contributed by atoms with Gasteiger partial charge in [-0.05, 0) is 17.7 Å². The Balaban J connectivity index is 2.04. The number of benzene rings is 1. The Morgan fingerprint density at radius 2 is 2.00 bits per heavy atom. The summed E-state index contributed by atoms with van der Waals surface area (Å²) in [6, 6.07) is 5.63. The summed E-state index contributed by atoms with van der Waals surface area (Å²) in [5.74, 6) is 0. The summed E-state index contributed by atoms with van der Waals surface area (Å²) >= 11 is 11.9. The lowest BCUT2D eigenvalue weighted by atomic mass is 10.1. The van der Waals surface area contributed by atoms with Crippen LogP contribution in [0.5, 0.6) is 0 Å². The number of rotatable bonds is 4. The maximum atomic E-state index is 6.02. The summed E-state index contributed by atoms with van der Waals surface area (Å²) in [6.45, 7) is 3.70. The van der Waals surface area contributed by atoms with Gasteiger partial charge in [-0.15, -0.1) is 0 Å². The molecule has 100 valence electrons. The highest BCUT2D eigenvalue weighted by Crippen LogP contribution is 2.25. The van der Waals surface area contributed by atoms with E-state index in [9.17, 15) is 0 Å². The number of ether oxygens (including phenoxy) is 1. The zero-order valence-electron chi connectivity index (χ0n) is 10.0. The number of hydrazine groups is 1. The third-order valence-electron chi connectivity index (χ3n) is 2.93. The molecule has 1 saturated heterocycles. The van der Waals surface area contributed by atoms with Gasteiger partial charge >= 0.3 is 0 Å². The minimum absolute atomic E-state index is 0.0397. The molecular formula is C12H17Cl2N3O. The average molecular weight is 290 g/mol. The minimum Gasteiger partial charge on any atom is -0.379 e. The molecule has 1 fully saturated rings. The van der Waals surface area contributed by atoms with Crippen LogP contribution >= 0.6 is 23.2 Å². The number of hydrogen-bond donors (Lipinski definition) is 2. The molecule has 1 atom stereocenters. The van der Waals surface area contributed by atoms with E-state index >= 15 is 0 Å². The predicted molar refractivity (Wildman–Crippen MR) is 73.8 cm³/mol. The molecule has 6 heteroatoms. The summed E-state index contributed by atoms with van der Waals surface area (Å²) < 4.78 is 5.30. The maximum Gasteiger partial charge on any atom is 0.0608 e. The fraction of sp³-hybridized carbons (Fsp3) is 0.500. The van der Waals surface area contributed by atoms with E-state index in [4.69, 9.17) is 33.7 Å². The monoisotopic (exact) mass is 289 g/mol. The molecule has 1 unspecified atom stereocenters. The molecule has 0 saturated carbocycles. The Morgan fingerprint density at radius 1 is 1.28 bits per heavy atom. The third-order valence-corrected chi connectivity index (χ3v) is 3.67. The van der Waals surface area contributed by atoms with Gasteiger partial charge in [0.1, 0.15) is 0 Å². The van der Waals surface area contributed by atoms with Crippen molar-refractivity contribution in [3.8, 4) is 0 Å². The van der Waals surface area contributed by atoms with Crippen molar-refractivity contribution < 1.29 is 4.74 Å². The predicted octanol–water partition coefficient (Wildman–Crippen LogP) is 1.83. The Hall–Kier alpha value is -0.360. The molecule has 1 aromatic rings. The molecule has 1 aliphatic rings.